The lowest BCUT2D eigenvalue weighted by Crippen LogP contribution is -2.55. The molecule has 0 bridgehead atoms. The summed E-state index contributed by atoms with van der Waals surface area (Å²) in [4.78, 5) is 50.8. The van der Waals surface area contributed by atoms with Crippen LogP contribution in [0.4, 0.5) is 0 Å². The third kappa shape index (κ3) is 9.78. The monoisotopic (exact) mass is 804 g/mol. The van der Waals surface area contributed by atoms with Crippen LogP contribution in [0.1, 0.15) is 122 Å². The molecule has 0 saturated heterocycles. The van der Waals surface area contributed by atoms with Crippen molar-refractivity contribution < 1.29 is 44.3 Å². The number of benzene rings is 1. The van der Waals surface area contributed by atoms with E-state index in [0.717, 1.165) is 43.9 Å². The van der Waals surface area contributed by atoms with Gasteiger partial charge in [-0.25, -0.2) is 0 Å². The Bertz CT molecular complexity index is 1700. The maximum absolute atomic E-state index is 13.5. The van der Waals surface area contributed by atoms with Crippen LogP contribution in [-0.4, -0.2) is 79.3 Å². The first-order valence-corrected chi connectivity index (χ1v) is 22.5. The summed E-state index contributed by atoms with van der Waals surface area (Å²) in [6, 6.07) is 10.1. The molecule has 9 nitrogen and oxygen atoms in total. The number of fused-ring (bicyclic) bond motifs is 5. The predicted molar refractivity (Wildman–Crippen MR) is 221 cm³/mol. The molecule has 10 atom stereocenters. The topological polar surface area (TPSA) is 158 Å². The van der Waals surface area contributed by atoms with E-state index in [2.05, 4.69) is 25.1 Å². The molecule has 0 amide bonds. The number of esters is 1. The molecule has 1 aromatic rings. The number of allylic oxidation sites excluding steroid dienone is 6. The van der Waals surface area contributed by atoms with E-state index in [9.17, 15) is 39.6 Å². The smallest absolute Gasteiger partial charge is 0.307 e. The van der Waals surface area contributed by atoms with E-state index >= 15 is 0 Å². The third-order valence-corrected chi connectivity index (χ3v) is 15.6. The van der Waals surface area contributed by atoms with Crippen LogP contribution in [0.15, 0.2) is 65.8 Å². The number of hydrogen-bond acceptors (Lipinski definition) is 10. The number of carbonyl (C=O) groups excluding carboxylic acids is 4. The summed E-state index contributed by atoms with van der Waals surface area (Å²) in [6.07, 6.45) is 16.7. The van der Waals surface area contributed by atoms with Gasteiger partial charge < -0.3 is 25.2 Å². The number of unbranched alkanes of at least 4 members (excludes halogenated alkanes) is 1. The Balaban J connectivity index is 0.857. The molecule has 57 heavy (non-hydrogen) atoms. The maximum Gasteiger partial charge on any atom is 0.307 e. The van der Waals surface area contributed by atoms with Crippen molar-refractivity contribution in [1.82, 2.24) is 0 Å². The van der Waals surface area contributed by atoms with Gasteiger partial charge in [0.2, 0.25) is 5.78 Å². The zero-order valence-corrected chi connectivity index (χ0v) is 34.7. The molecule has 5 aliphatic rings. The Morgan fingerprint density at radius 2 is 1.75 bits per heavy atom. The average Bonchev–Trinajstić information content (AvgIpc) is 3.63. The SMILES string of the molecule is CC12CCC(=O)C=C1CC[C@@H]1C2=CCC2(C)[C@H]1CC[C@]2(O)C(=O)COC(=O)CCSC(=O)CCC/C=C\C[C@@H]1[C@@H](CC[C@@H](O)CCc2ccccc2)[C@H](O)C[C@@H]1O. The number of carbonyl (C=O) groups is 4. The highest BCUT2D eigenvalue weighted by molar-refractivity contribution is 8.13. The highest BCUT2D eigenvalue weighted by atomic mass is 32.2. The third-order valence-electron chi connectivity index (χ3n) is 14.7. The molecular weight excluding hydrogens is 741 g/mol. The molecule has 0 spiro atoms. The van der Waals surface area contributed by atoms with Gasteiger partial charge >= 0.3 is 5.97 Å². The molecule has 3 saturated carbocycles. The first-order chi connectivity index (χ1) is 27.2. The van der Waals surface area contributed by atoms with Crippen molar-refractivity contribution in [3.8, 4) is 0 Å². The summed E-state index contributed by atoms with van der Waals surface area (Å²) in [7, 11) is 0. The fourth-order valence-corrected chi connectivity index (χ4v) is 11.9. The number of ether oxygens (including phenoxy) is 1. The minimum atomic E-state index is -1.58. The van der Waals surface area contributed by atoms with Gasteiger partial charge in [-0.15, -0.1) is 0 Å². The lowest BCUT2D eigenvalue weighted by atomic mass is 9.50. The Labute approximate surface area is 342 Å². The molecule has 0 aliphatic heterocycles. The summed E-state index contributed by atoms with van der Waals surface area (Å²) in [5, 5.41) is 43.7. The van der Waals surface area contributed by atoms with Crippen molar-refractivity contribution in [1.29, 1.82) is 0 Å². The van der Waals surface area contributed by atoms with Crippen LogP contribution in [0.25, 0.3) is 0 Å². The van der Waals surface area contributed by atoms with Gasteiger partial charge in [-0.05, 0) is 125 Å². The van der Waals surface area contributed by atoms with Crippen LogP contribution < -0.4 is 0 Å². The van der Waals surface area contributed by atoms with E-state index in [-0.39, 0.29) is 52.2 Å². The standard InChI is InChI=1S/C47H64O9S/c1-45-24-20-34(49)28-32(45)15-18-37-38(45)21-25-46(2)39(37)22-26-47(46,55)42(52)30-56-43(53)23-27-57-44(54)13-9-4-3-8-12-35-36(41(51)29-40(35)50)19-17-33(48)16-14-31-10-6-5-7-11-31/h3,5-8,10-11,21,28,33,35-37,39-41,48,50-51,55H,4,9,12-20,22-27,29-30H2,1-2H3/b8-3-/t33-,35+,36+,37+,39-,40-,41+,45?,46?,47-/m0/s1. The summed E-state index contributed by atoms with van der Waals surface area (Å²) >= 11 is 1.08. The second-order valence-electron chi connectivity index (χ2n) is 18.0. The molecule has 5 aliphatic carbocycles. The van der Waals surface area contributed by atoms with Gasteiger partial charge in [0.15, 0.2) is 17.5 Å². The van der Waals surface area contributed by atoms with Crippen molar-refractivity contribution >= 4 is 34.4 Å². The Kier molecular flexibility index (Phi) is 14.6. The lowest BCUT2D eigenvalue weighted by Gasteiger charge is -2.54. The lowest BCUT2D eigenvalue weighted by molar-refractivity contribution is -0.163. The Morgan fingerprint density at radius 1 is 0.982 bits per heavy atom. The van der Waals surface area contributed by atoms with Crippen molar-refractivity contribution in [3.63, 3.8) is 0 Å². The molecule has 0 radical (unpaired) electrons. The zero-order valence-electron chi connectivity index (χ0n) is 33.9. The van der Waals surface area contributed by atoms with Gasteiger partial charge in [-0.3, -0.25) is 19.2 Å². The van der Waals surface area contributed by atoms with Crippen LogP contribution in [0.3, 0.4) is 0 Å². The summed E-state index contributed by atoms with van der Waals surface area (Å²) < 4.78 is 5.35. The molecule has 4 N–H and O–H groups in total. The maximum atomic E-state index is 13.5. The van der Waals surface area contributed by atoms with Gasteiger partial charge in [0.05, 0.1) is 24.7 Å². The van der Waals surface area contributed by atoms with E-state index in [1.807, 2.05) is 43.4 Å². The number of thioether (sulfide) groups is 1. The van der Waals surface area contributed by atoms with Gasteiger partial charge in [0.1, 0.15) is 5.60 Å². The van der Waals surface area contributed by atoms with Crippen LogP contribution >= 0.6 is 11.8 Å². The Morgan fingerprint density at radius 3 is 2.54 bits per heavy atom. The van der Waals surface area contributed by atoms with E-state index < -0.39 is 47.7 Å². The van der Waals surface area contributed by atoms with E-state index in [1.165, 1.54) is 16.7 Å². The number of hydrogen-bond donors (Lipinski definition) is 4. The largest absolute Gasteiger partial charge is 0.458 e. The molecule has 1 aromatic carbocycles. The van der Waals surface area contributed by atoms with Crippen molar-refractivity contribution in [2.24, 2.45) is 34.5 Å². The quantitative estimate of drug-likeness (QED) is 0.0681. The number of aliphatic hydroxyl groups is 4. The number of rotatable bonds is 18. The average molecular weight is 805 g/mol. The first-order valence-electron chi connectivity index (χ1n) is 21.5. The van der Waals surface area contributed by atoms with E-state index in [0.29, 0.717) is 70.6 Å². The number of aliphatic hydroxyl groups excluding tert-OH is 3. The number of ketones is 2. The second-order valence-corrected chi connectivity index (χ2v) is 19.2. The summed E-state index contributed by atoms with van der Waals surface area (Å²) in [5.74, 6) is -0.290. The van der Waals surface area contributed by atoms with Gasteiger partial charge in [0.25, 0.3) is 0 Å². The van der Waals surface area contributed by atoms with Crippen molar-refractivity contribution in [2.75, 3.05) is 12.4 Å². The van der Waals surface area contributed by atoms with Crippen molar-refractivity contribution in [3.05, 3.63) is 71.3 Å². The first kappa shape index (κ1) is 43.7. The summed E-state index contributed by atoms with van der Waals surface area (Å²) in [5.41, 5.74) is 1.43. The molecule has 3 fully saturated rings. The summed E-state index contributed by atoms with van der Waals surface area (Å²) in [6.45, 7) is 3.78. The van der Waals surface area contributed by atoms with Crippen LogP contribution in [-0.2, 0) is 30.3 Å². The molecule has 0 aromatic heterocycles. The van der Waals surface area contributed by atoms with Crippen LogP contribution in [0, 0.1) is 34.5 Å². The second kappa shape index (κ2) is 19.0. The molecule has 312 valence electrons. The highest BCUT2D eigenvalue weighted by Gasteiger charge is 2.64. The predicted octanol–water partition coefficient (Wildman–Crippen LogP) is 7.18. The van der Waals surface area contributed by atoms with Crippen LogP contribution in [0.2, 0.25) is 0 Å². The Hall–Kier alpha value is -2.89. The van der Waals surface area contributed by atoms with E-state index in [4.69, 9.17) is 4.74 Å². The van der Waals surface area contributed by atoms with Gasteiger partial charge in [0, 0.05) is 29.4 Å². The normalized spacial score (nSPS) is 33.9. The van der Waals surface area contributed by atoms with Gasteiger partial charge in [-0.1, -0.05) is 85.3 Å². The number of aryl methyl sites for hydroxylation is 1. The minimum Gasteiger partial charge on any atom is -0.458 e. The fourth-order valence-electron chi connectivity index (χ4n) is 11.1. The van der Waals surface area contributed by atoms with Crippen molar-refractivity contribution in [2.45, 2.75) is 147 Å². The highest BCUT2D eigenvalue weighted by Crippen LogP contribution is 2.65. The van der Waals surface area contributed by atoms with Gasteiger partial charge in [-0.2, -0.15) is 0 Å². The van der Waals surface area contributed by atoms with Crippen LogP contribution in [0.5, 0.6) is 0 Å². The van der Waals surface area contributed by atoms with E-state index in [1.54, 1.807) is 0 Å². The molecule has 10 heteroatoms. The number of Topliss-reactive ketones (excluding diaryl/α,β-unsaturated/α-hetero) is 1. The fraction of sp³-hybridized carbons (Fsp3) is 0.660. The molecular formula is C47H64O9S. The molecule has 2 unspecified atom stereocenters. The minimum absolute atomic E-state index is 0.00614. The molecule has 6 rings (SSSR count). The molecule has 0 heterocycles. The zero-order chi connectivity index (χ0) is 40.8.